The normalized spacial score (nSPS) is 16.2. The fourth-order valence-corrected chi connectivity index (χ4v) is 2.34. The summed E-state index contributed by atoms with van der Waals surface area (Å²) in [4.78, 5) is 2.20. The quantitative estimate of drug-likeness (QED) is 0.923. The van der Waals surface area contributed by atoms with Gasteiger partial charge in [-0.2, -0.15) is 18.3 Å². The predicted octanol–water partition coefficient (Wildman–Crippen LogP) is 2.30. The van der Waals surface area contributed by atoms with Crippen molar-refractivity contribution < 1.29 is 13.2 Å². The molecule has 2 aromatic rings. The molecule has 1 aliphatic heterocycles. The van der Waals surface area contributed by atoms with Crippen molar-refractivity contribution in [2.24, 2.45) is 0 Å². The van der Waals surface area contributed by atoms with Crippen molar-refractivity contribution in [2.45, 2.75) is 6.18 Å². The minimum absolute atomic E-state index is 0.615. The zero-order valence-electron chi connectivity index (χ0n) is 11.3. The van der Waals surface area contributed by atoms with Gasteiger partial charge in [-0.1, -0.05) is 0 Å². The van der Waals surface area contributed by atoms with E-state index in [2.05, 4.69) is 15.3 Å². The molecular weight excluding hydrogens is 281 g/mol. The largest absolute Gasteiger partial charge is 0.416 e. The second-order valence-electron chi connectivity index (χ2n) is 4.92. The summed E-state index contributed by atoms with van der Waals surface area (Å²) in [7, 11) is 0. The molecule has 1 fully saturated rings. The first-order valence-corrected chi connectivity index (χ1v) is 6.72. The SMILES string of the molecule is FC(F)(F)c1ccc(-n2cc(N3CCNCC3)cn2)cc1. The summed E-state index contributed by atoms with van der Waals surface area (Å²) in [5.74, 6) is 0. The lowest BCUT2D eigenvalue weighted by Gasteiger charge is -2.27. The molecule has 1 aliphatic rings. The highest BCUT2D eigenvalue weighted by molar-refractivity contribution is 5.46. The van der Waals surface area contributed by atoms with Crippen LogP contribution < -0.4 is 10.2 Å². The predicted molar refractivity (Wildman–Crippen MR) is 73.6 cm³/mol. The van der Waals surface area contributed by atoms with Crippen molar-refractivity contribution >= 4 is 5.69 Å². The summed E-state index contributed by atoms with van der Waals surface area (Å²) >= 11 is 0. The summed E-state index contributed by atoms with van der Waals surface area (Å²) in [5.41, 5.74) is 0.946. The van der Waals surface area contributed by atoms with Crippen molar-refractivity contribution in [3.8, 4) is 5.69 Å². The van der Waals surface area contributed by atoms with E-state index in [9.17, 15) is 13.2 Å². The van der Waals surface area contributed by atoms with Crippen molar-refractivity contribution in [3.05, 3.63) is 42.2 Å². The zero-order valence-corrected chi connectivity index (χ0v) is 11.3. The van der Waals surface area contributed by atoms with E-state index in [1.165, 1.54) is 12.1 Å². The minimum atomic E-state index is -4.31. The van der Waals surface area contributed by atoms with Gasteiger partial charge in [0.1, 0.15) is 0 Å². The van der Waals surface area contributed by atoms with Gasteiger partial charge in [-0.3, -0.25) is 0 Å². The van der Waals surface area contributed by atoms with Crippen LogP contribution in [0.15, 0.2) is 36.7 Å². The first kappa shape index (κ1) is 13.9. The van der Waals surface area contributed by atoms with E-state index < -0.39 is 11.7 Å². The molecule has 0 aliphatic carbocycles. The molecule has 1 aromatic heterocycles. The number of nitrogens with zero attached hydrogens (tertiary/aromatic N) is 3. The second kappa shape index (κ2) is 5.40. The van der Waals surface area contributed by atoms with Gasteiger partial charge in [-0.05, 0) is 24.3 Å². The molecule has 0 saturated carbocycles. The van der Waals surface area contributed by atoms with Crippen molar-refractivity contribution in [2.75, 3.05) is 31.1 Å². The third-order valence-corrected chi connectivity index (χ3v) is 3.51. The monoisotopic (exact) mass is 296 g/mol. The highest BCUT2D eigenvalue weighted by Crippen LogP contribution is 2.29. The number of hydrogen-bond donors (Lipinski definition) is 1. The fraction of sp³-hybridized carbons (Fsp3) is 0.357. The first-order chi connectivity index (χ1) is 10.0. The van der Waals surface area contributed by atoms with Gasteiger partial charge in [0.2, 0.25) is 0 Å². The Labute approximate surface area is 120 Å². The fourth-order valence-electron chi connectivity index (χ4n) is 2.34. The Morgan fingerprint density at radius 2 is 1.67 bits per heavy atom. The first-order valence-electron chi connectivity index (χ1n) is 6.72. The second-order valence-corrected chi connectivity index (χ2v) is 4.92. The van der Waals surface area contributed by atoms with Gasteiger partial charge in [0.25, 0.3) is 0 Å². The number of hydrogen-bond acceptors (Lipinski definition) is 3. The van der Waals surface area contributed by atoms with E-state index in [4.69, 9.17) is 0 Å². The van der Waals surface area contributed by atoms with Crippen LogP contribution in [0.25, 0.3) is 5.69 Å². The summed E-state index contributed by atoms with van der Waals surface area (Å²) < 4.78 is 39.2. The number of rotatable bonds is 2. The van der Waals surface area contributed by atoms with E-state index >= 15 is 0 Å². The van der Waals surface area contributed by atoms with Gasteiger partial charge in [-0.25, -0.2) is 4.68 Å². The van der Waals surface area contributed by atoms with E-state index in [1.807, 2.05) is 6.20 Å². The maximum absolute atomic E-state index is 12.5. The molecule has 21 heavy (non-hydrogen) atoms. The number of piperazine rings is 1. The van der Waals surface area contributed by atoms with Gasteiger partial charge < -0.3 is 10.2 Å². The minimum Gasteiger partial charge on any atom is -0.366 e. The molecule has 0 amide bonds. The Hall–Kier alpha value is -2.02. The lowest BCUT2D eigenvalue weighted by molar-refractivity contribution is -0.137. The number of alkyl halides is 3. The lowest BCUT2D eigenvalue weighted by atomic mass is 10.2. The maximum atomic E-state index is 12.5. The van der Waals surface area contributed by atoms with Crippen LogP contribution in [0.5, 0.6) is 0 Å². The molecule has 2 heterocycles. The number of benzene rings is 1. The standard InChI is InChI=1S/C14H15F3N4/c15-14(16,17)11-1-3-12(4-2-11)21-10-13(9-19-21)20-7-5-18-6-8-20/h1-4,9-10,18H,5-8H2. The molecule has 1 aromatic carbocycles. The third-order valence-electron chi connectivity index (χ3n) is 3.51. The van der Waals surface area contributed by atoms with Gasteiger partial charge in [0, 0.05) is 26.2 Å². The summed E-state index contributed by atoms with van der Waals surface area (Å²) in [6, 6.07) is 5.00. The van der Waals surface area contributed by atoms with Crippen molar-refractivity contribution in [3.63, 3.8) is 0 Å². The Morgan fingerprint density at radius 3 is 2.29 bits per heavy atom. The molecule has 112 valence electrons. The van der Waals surface area contributed by atoms with E-state index in [0.717, 1.165) is 44.0 Å². The number of halogens is 3. The van der Waals surface area contributed by atoms with Crippen LogP contribution in [0, 0.1) is 0 Å². The zero-order chi connectivity index (χ0) is 14.9. The average molecular weight is 296 g/mol. The van der Waals surface area contributed by atoms with Gasteiger partial charge >= 0.3 is 6.18 Å². The maximum Gasteiger partial charge on any atom is 0.416 e. The molecule has 7 heteroatoms. The van der Waals surface area contributed by atoms with Crippen LogP contribution in [-0.4, -0.2) is 36.0 Å². The highest BCUT2D eigenvalue weighted by atomic mass is 19.4. The number of aromatic nitrogens is 2. The molecule has 1 saturated heterocycles. The molecular formula is C14H15F3N4. The highest BCUT2D eigenvalue weighted by Gasteiger charge is 2.30. The third kappa shape index (κ3) is 3.02. The molecule has 3 rings (SSSR count). The Morgan fingerprint density at radius 1 is 1.00 bits per heavy atom. The Kier molecular flexibility index (Phi) is 3.59. The van der Waals surface area contributed by atoms with Gasteiger partial charge in [-0.15, -0.1) is 0 Å². The lowest BCUT2D eigenvalue weighted by Crippen LogP contribution is -2.43. The molecule has 4 nitrogen and oxygen atoms in total. The van der Waals surface area contributed by atoms with Gasteiger partial charge in [0.05, 0.1) is 29.3 Å². The molecule has 0 atom stereocenters. The Bertz CT molecular complexity index is 597. The molecule has 0 bridgehead atoms. The van der Waals surface area contributed by atoms with E-state index in [1.54, 1.807) is 10.9 Å². The molecule has 0 spiro atoms. The van der Waals surface area contributed by atoms with Crippen LogP contribution >= 0.6 is 0 Å². The van der Waals surface area contributed by atoms with Gasteiger partial charge in [0.15, 0.2) is 0 Å². The smallest absolute Gasteiger partial charge is 0.366 e. The summed E-state index contributed by atoms with van der Waals surface area (Å²) in [6.45, 7) is 3.65. The van der Waals surface area contributed by atoms with E-state index in [0.29, 0.717) is 5.69 Å². The van der Waals surface area contributed by atoms with Crippen LogP contribution in [0.2, 0.25) is 0 Å². The molecule has 0 unspecified atom stereocenters. The van der Waals surface area contributed by atoms with E-state index in [-0.39, 0.29) is 0 Å². The Balaban J connectivity index is 1.79. The van der Waals surface area contributed by atoms with Crippen LogP contribution in [-0.2, 0) is 6.18 Å². The van der Waals surface area contributed by atoms with Crippen molar-refractivity contribution in [1.29, 1.82) is 0 Å². The van der Waals surface area contributed by atoms with Crippen LogP contribution in [0.4, 0.5) is 18.9 Å². The van der Waals surface area contributed by atoms with Crippen LogP contribution in [0.1, 0.15) is 5.56 Å². The summed E-state index contributed by atoms with van der Waals surface area (Å²) in [5, 5.41) is 7.49. The average Bonchev–Trinajstić information content (AvgIpc) is 2.97. The number of anilines is 1. The van der Waals surface area contributed by atoms with Crippen molar-refractivity contribution in [1.82, 2.24) is 15.1 Å². The molecule has 1 N–H and O–H groups in total. The number of nitrogens with one attached hydrogen (secondary N) is 1. The topological polar surface area (TPSA) is 33.1 Å². The summed E-state index contributed by atoms with van der Waals surface area (Å²) in [6.07, 6.45) is -0.731. The van der Waals surface area contributed by atoms with Crippen LogP contribution in [0.3, 0.4) is 0 Å². The molecule has 0 radical (unpaired) electrons.